The van der Waals surface area contributed by atoms with Crippen LogP contribution in [0.5, 0.6) is 0 Å². The van der Waals surface area contributed by atoms with Crippen LogP contribution in [0, 0.1) is 6.92 Å². The molecule has 1 aliphatic rings. The number of aromatic nitrogens is 3. The molecule has 0 aliphatic carbocycles. The van der Waals surface area contributed by atoms with E-state index in [2.05, 4.69) is 27.2 Å². The van der Waals surface area contributed by atoms with Crippen LogP contribution in [0.15, 0.2) is 35.1 Å². The second kappa shape index (κ2) is 8.06. The summed E-state index contributed by atoms with van der Waals surface area (Å²) in [5, 5.41) is 7.99. The number of thiazole rings is 1. The monoisotopic (exact) mass is 429 g/mol. The molecule has 0 radical (unpaired) electrons. The minimum absolute atomic E-state index is 0.195. The fourth-order valence-electron chi connectivity index (χ4n) is 3.30. The summed E-state index contributed by atoms with van der Waals surface area (Å²) in [7, 11) is 0. The first-order valence-corrected chi connectivity index (χ1v) is 10.5. The van der Waals surface area contributed by atoms with E-state index in [1.807, 2.05) is 6.07 Å². The van der Waals surface area contributed by atoms with Gasteiger partial charge in [-0.25, -0.2) is 9.67 Å². The number of carbonyl (C=O) groups excluding carboxylic acids is 1. The average Bonchev–Trinajstić information content (AvgIpc) is 3.10. The number of hydrogen-bond donors (Lipinski definition) is 1. The predicted molar refractivity (Wildman–Crippen MR) is 114 cm³/mol. The molecule has 29 heavy (non-hydrogen) atoms. The van der Waals surface area contributed by atoms with Gasteiger partial charge in [0.05, 0.1) is 16.4 Å². The van der Waals surface area contributed by atoms with Crippen LogP contribution in [0.2, 0.25) is 5.02 Å². The molecule has 0 saturated carbocycles. The largest absolute Gasteiger partial charge is 0.298 e. The van der Waals surface area contributed by atoms with Crippen molar-refractivity contribution >= 4 is 34.0 Å². The topological polar surface area (TPSA) is 80.1 Å². The summed E-state index contributed by atoms with van der Waals surface area (Å²) in [4.78, 5) is 33.2. The average molecular weight is 430 g/mol. The van der Waals surface area contributed by atoms with Crippen LogP contribution >= 0.6 is 22.9 Å². The molecular formula is C20H20ClN5O2S. The molecule has 1 amide bonds. The summed E-state index contributed by atoms with van der Waals surface area (Å²) < 4.78 is 1.50. The van der Waals surface area contributed by atoms with Gasteiger partial charge in [-0.3, -0.25) is 19.8 Å². The van der Waals surface area contributed by atoms with Crippen LogP contribution in [-0.2, 0) is 13.0 Å². The van der Waals surface area contributed by atoms with E-state index in [-0.39, 0.29) is 5.69 Å². The lowest BCUT2D eigenvalue weighted by atomic mass is 10.2. The van der Waals surface area contributed by atoms with E-state index in [1.54, 1.807) is 25.1 Å². The zero-order valence-corrected chi connectivity index (χ0v) is 17.7. The van der Waals surface area contributed by atoms with Gasteiger partial charge in [0.25, 0.3) is 5.91 Å². The first kappa shape index (κ1) is 19.8. The minimum atomic E-state index is -0.575. The predicted octanol–water partition coefficient (Wildman–Crippen LogP) is 3.28. The van der Waals surface area contributed by atoms with Crippen molar-refractivity contribution < 1.29 is 4.79 Å². The SMILES string of the molecule is CCN1CCc2nc(NC(=O)c3nn(-c4ccccc4Cl)c(C)cc3=O)sc2C1. The normalized spacial score (nSPS) is 13.9. The highest BCUT2D eigenvalue weighted by atomic mass is 35.5. The standard InChI is InChI=1S/C20H20ClN5O2S/c1-3-25-9-8-14-17(11-25)29-20(22-14)23-19(28)18-16(27)10-12(2)26(24-18)15-7-5-4-6-13(15)21/h4-7,10H,3,8-9,11H2,1-2H3,(H,22,23,28). The van der Waals surface area contributed by atoms with Crippen molar-refractivity contribution in [2.24, 2.45) is 0 Å². The Labute approximate surface area is 177 Å². The van der Waals surface area contributed by atoms with E-state index in [0.717, 1.165) is 36.6 Å². The molecule has 0 fully saturated rings. The van der Waals surface area contributed by atoms with Gasteiger partial charge >= 0.3 is 0 Å². The highest BCUT2D eigenvalue weighted by molar-refractivity contribution is 7.15. The number of nitrogens with one attached hydrogen (secondary N) is 1. The molecule has 150 valence electrons. The molecular weight excluding hydrogens is 410 g/mol. The third kappa shape index (κ3) is 3.96. The molecule has 1 N–H and O–H groups in total. The van der Waals surface area contributed by atoms with Crippen LogP contribution in [-0.4, -0.2) is 38.7 Å². The highest BCUT2D eigenvalue weighted by Crippen LogP contribution is 2.28. The second-order valence-electron chi connectivity index (χ2n) is 6.82. The van der Waals surface area contributed by atoms with Crippen molar-refractivity contribution in [3.8, 4) is 5.69 Å². The first-order valence-electron chi connectivity index (χ1n) is 9.34. The van der Waals surface area contributed by atoms with E-state index in [1.165, 1.54) is 22.1 Å². The van der Waals surface area contributed by atoms with Crippen LogP contribution in [0.25, 0.3) is 5.69 Å². The van der Waals surface area contributed by atoms with Crippen LogP contribution in [0.4, 0.5) is 5.13 Å². The molecule has 1 aliphatic heterocycles. The molecule has 0 bridgehead atoms. The van der Waals surface area contributed by atoms with Gasteiger partial charge in [0.15, 0.2) is 10.8 Å². The molecule has 1 aromatic carbocycles. The molecule has 9 heteroatoms. The van der Waals surface area contributed by atoms with E-state index >= 15 is 0 Å². The van der Waals surface area contributed by atoms with Gasteiger partial charge in [-0.05, 0) is 25.6 Å². The smallest absolute Gasteiger partial charge is 0.281 e. The van der Waals surface area contributed by atoms with Gasteiger partial charge in [0.2, 0.25) is 5.43 Å². The molecule has 0 unspecified atom stereocenters. The van der Waals surface area contributed by atoms with Gasteiger partial charge in [0.1, 0.15) is 0 Å². The molecule has 0 atom stereocenters. The number of halogens is 1. The number of carbonyl (C=O) groups is 1. The Hall–Kier alpha value is -2.55. The number of fused-ring (bicyclic) bond motifs is 1. The van der Waals surface area contributed by atoms with Gasteiger partial charge in [-0.1, -0.05) is 30.7 Å². The zero-order chi connectivity index (χ0) is 20.5. The number of aryl methyl sites for hydroxylation is 1. The summed E-state index contributed by atoms with van der Waals surface area (Å²) in [6.07, 6.45) is 0.859. The molecule has 3 aromatic rings. The number of anilines is 1. The van der Waals surface area contributed by atoms with Crippen LogP contribution in [0.1, 0.15) is 33.7 Å². The minimum Gasteiger partial charge on any atom is -0.298 e. The Balaban J connectivity index is 1.63. The highest BCUT2D eigenvalue weighted by Gasteiger charge is 2.22. The van der Waals surface area contributed by atoms with E-state index in [4.69, 9.17) is 11.6 Å². The number of amides is 1. The maximum atomic E-state index is 12.8. The molecule has 4 rings (SSSR count). The number of nitrogens with zero attached hydrogens (tertiary/aromatic N) is 4. The van der Waals surface area contributed by atoms with Crippen molar-refractivity contribution in [2.45, 2.75) is 26.8 Å². The third-order valence-corrected chi connectivity index (χ3v) is 6.20. The summed E-state index contributed by atoms with van der Waals surface area (Å²) in [5.74, 6) is -0.575. The number of benzene rings is 1. The first-order chi connectivity index (χ1) is 14.0. The van der Waals surface area contributed by atoms with Crippen molar-refractivity contribution in [2.75, 3.05) is 18.4 Å². The summed E-state index contributed by atoms with van der Waals surface area (Å²) in [5.41, 5.74) is 1.56. The lowest BCUT2D eigenvalue weighted by molar-refractivity contribution is 0.101. The van der Waals surface area contributed by atoms with Crippen molar-refractivity contribution in [1.82, 2.24) is 19.7 Å². The van der Waals surface area contributed by atoms with Gasteiger partial charge in [-0.15, -0.1) is 11.3 Å². The fraction of sp³-hybridized carbons (Fsp3) is 0.300. The third-order valence-electron chi connectivity index (χ3n) is 4.88. The van der Waals surface area contributed by atoms with Crippen molar-refractivity contribution in [1.29, 1.82) is 0 Å². The van der Waals surface area contributed by atoms with E-state index in [9.17, 15) is 9.59 Å². The summed E-state index contributed by atoms with van der Waals surface area (Å²) in [6.45, 7) is 6.65. The molecule has 0 spiro atoms. The molecule has 0 saturated heterocycles. The Morgan fingerprint density at radius 1 is 1.34 bits per heavy atom. The van der Waals surface area contributed by atoms with E-state index < -0.39 is 11.3 Å². The number of likely N-dealkylation sites (N-methyl/N-ethyl adjacent to an activating group) is 1. The maximum absolute atomic E-state index is 12.8. The summed E-state index contributed by atoms with van der Waals surface area (Å²) >= 11 is 7.71. The molecule has 2 aromatic heterocycles. The Kier molecular flexibility index (Phi) is 5.49. The van der Waals surface area contributed by atoms with Gasteiger partial charge in [-0.2, -0.15) is 5.10 Å². The maximum Gasteiger partial charge on any atom is 0.281 e. The number of rotatable bonds is 4. The second-order valence-corrected chi connectivity index (χ2v) is 8.31. The van der Waals surface area contributed by atoms with Crippen LogP contribution in [0.3, 0.4) is 0 Å². The Morgan fingerprint density at radius 3 is 2.90 bits per heavy atom. The lowest BCUT2D eigenvalue weighted by Crippen LogP contribution is -2.29. The van der Waals surface area contributed by atoms with Gasteiger partial charge < -0.3 is 0 Å². The van der Waals surface area contributed by atoms with Gasteiger partial charge in [0, 0.05) is 36.1 Å². The molecule has 3 heterocycles. The van der Waals surface area contributed by atoms with Crippen molar-refractivity contribution in [3.63, 3.8) is 0 Å². The van der Waals surface area contributed by atoms with E-state index in [0.29, 0.717) is 21.5 Å². The fourth-order valence-corrected chi connectivity index (χ4v) is 4.56. The number of hydrogen-bond acceptors (Lipinski definition) is 6. The van der Waals surface area contributed by atoms with Crippen LogP contribution < -0.4 is 10.7 Å². The Bertz CT molecular complexity index is 1140. The number of para-hydroxylation sites is 1. The lowest BCUT2D eigenvalue weighted by Gasteiger charge is -2.23. The summed E-state index contributed by atoms with van der Waals surface area (Å²) in [6, 6.07) is 8.52. The zero-order valence-electron chi connectivity index (χ0n) is 16.1. The molecule has 7 nitrogen and oxygen atoms in total. The quantitative estimate of drug-likeness (QED) is 0.688. The van der Waals surface area contributed by atoms with Crippen molar-refractivity contribution in [3.05, 3.63) is 67.5 Å². The Morgan fingerprint density at radius 2 is 2.14 bits per heavy atom.